The Morgan fingerprint density at radius 3 is 2.62 bits per heavy atom. The maximum Gasteiger partial charge on any atom is 0.271 e. The van der Waals surface area contributed by atoms with Crippen molar-refractivity contribution >= 4 is 55.7 Å². The van der Waals surface area contributed by atoms with Gasteiger partial charge in [0, 0.05) is 36.3 Å². The minimum absolute atomic E-state index is 0.0933. The molecule has 1 aliphatic rings. The van der Waals surface area contributed by atoms with E-state index >= 15 is 0 Å². The van der Waals surface area contributed by atoms with Crippen LogP contribution >= 0.6 is 27.3 Å². The van der Waals surface area contributed by atoms with Crippen molar-refractivity contribution in [2.75, 3.05) is 20.2 Å². The molecule has 0 fully saturated rings. The van der Waals surface area contributed by atoms with Crippen molar-refractivity contribution in [2.45, 2.75) is 26.8 Å². The van der Waals surface area contributed by atoms with Crippen molar-refractivity contribution in [1.29, 1.82) is 0 Å². The van der Waals surface area contributed by atoms with Gasteiger partial charge in [-0.15, -0.1) is 0 Å². The Bertz CT molecular complexity index is 1980. The van der Waals surface area contributed by atoms with Crippen LogP contribution in [0.2, 0.25) is 0 Å². The summed E-state index contributed by atoms with van der Waals surface area (Å²) >= 11 is 4.23. The zero-order valence-corrected chi connectivity index (χ0v) is 25.7. The predicted octanol–water partition coefficient (Wildman–Crippen LogP) is 4.64. The molecule has 12 heteroatoms. The second kappa shape index (κ2) is 11.5. The van der Waals surface area contributed by atoms with Gasteiger partial charge in [-0.1, -0.05) is 41.7 Å². The number of thiazole rings is 1. The first-order valence-electron chi connectivity index (χ1n) is 13.2. The number of fused-ring (bicyclic) bond motifs is 2. The van der Waals surface area contributed by atoms with Crippen LogP contribution in [0.1, 0.15) is 37.9 Å². The minimum Gasteiger partial charge on any atom is -0.506 e. The van der Waals surface area contributed by atoms with Gasteiger partial charge in [0.05, 0.1) is 32.3 Å². The highest BCUT2D eigenvalue weighted by molar-refractivity contribution is 9.10. The summed E-state index contributed by atoms with van der Waals surface area (Å²) in [6.07, 6.45) is 1.40. The molecule has 4 aromatic rings. The van der Waals surface area contributed by atoms with E-state index in [0.717, 1.165) is 22.1 Å². The number of carbonyl (C=O) groups excluding carboxylic acids is 1. The van der Waals surface area contributed by atoms with E-state index in [1.165, 1.54) is 22.8 Å². The fraction of sp³-hybridized carbons (Fsp3) is 0.233. The number of methoxy groups -OCH3 is 1. The standard InChI is InChI=1S/C30H27BrN4O6S/c1-5-33(6-2)29(38)24-16(3)32-30-34(26(24)25-20-10-8-7-9-17(20)11-12-22(25)41-4)28(37)23(42-30)14-18-13-19(35(39)40)15-21(31)27(18)36/h7-15,26,36H,5-6H2,1-4H3/b23-14+/t26-/m1/s1. The van der Waals surface area contributed by atoms with E-state index in [1.807, 2.05) is 50.2 Å². The number of nitro groups is 1. The van der Waals surface area contributed by atoms with Crippen LogP contribution in [-0.2, 0) is 4.79 Å². The molecule has 0 aliphatic carbocycles. The summed E-state index contributed by atoms with van der Waals surface area (Å²) in [5, 5.41) is 23.8. The van der Waals surface area contributed by atoms with Crippen molar-refractivity contribution in [3.05, 3.63) is 105 Å². The molecular formula is C30H27BrN4O6S. The summed E-state index contributed by atoms with van der Waals surface area (Å²) in [6.45, 7) is 6.48. The molecule has 216 valence electrons. The number of rotatable bonds is 7. The normalized spacial score (nSPS) is 15.0. The van der Waals surface area contributed by atoms with Crippen molar-refractivity contribution in [3.8, 4) is 11.5 Å². The van der Waals surface area contributed by atoms with Gasteiger partial charge in [0.25, 0.3) is 17.2 Å². The summed E-state index contributed by atoms with van der Waals surface area (Å²) in [6, 6.07) is 12.9. The summed E-state index contributed by atoms with van der Waals surface area (Å²) in [5.74, 6) is 0.0242. The third kappa shape index (κ3) is 4.90. The van der Waals surface area contributed by atoms with E-state index in [9.17, 15) is 24.8 Å². The summed E-state index contributed by atoms with van der Waals surface area (Å²) in [7, 11) is 1.54. The first-order chi connectivity index (χ1) is 20.1. The number of allylic oxidation sites excluding steroid dienone is 1. The lowest BCUT2D eigenvalue weighted by Gasteiger charge is -2.30. The molecule has 0 saturated carbocycles. The molecule has 5 rings (SSSR count). The van der Waals surface area contributed by atoms with Gasteiger partial charge in [0.2, 0.25) is 0 Å². The fourth-order valence-corrected chi connectivity index (χ4v) is 6.75. The van der Waals surface area contributed by atoms with Gasteiger partial charge in [-0.3, -0.25) is 24.3 Å². The lowest BCUT2D eigenvalue weighted by atomic mass is 9.90. The van der Waals surface area contributed by atoms with E-state index in [-0.39, 0.29) is 31.9 Å². The van der Waals surface area contributed by atoms with Crippen molar-refractivity contribution in [1.82, 2.24) is 9.47 Å². The van der Waals surface area contributed by atoms with Crippen LogP contribution in [0.3, 0.4) is 0 Å². The number of nitro benzene ring substituents is 1. The predicted molar refractivity (Wildman–Crippen MR) is 165 cm³/mol. The maximum atomic E-state index is 14.2. The second-order valence-electron chi connectivity index (χ2n) is 9.58. The topological polar surface area (TPSA) is 127 Å². The van der Waals surface area contributed by atoms with Gasteiger partial charge in [-0.05, 0) is 59.6 Å². The third-order valence-electron chi connectivity index (χ3n) is 7.30. The molecule has 0 unspecified atom stereocenters. The molecule has 1 aromatic heterocycles. The highest BCUT2D eigenvalue weighted by atomic mass is 79.9. The summed E-state index contributed by atoms with van der Waals surface area (Å²) in [5.41, 5.74) is 0.858. The highest BCUT2D eigenvalue weighted by Gasteiger charge is 2.36. The molecular weight excluding hydrogens is 624 g/mol. The number of phenols is 1. The number of aromatic nitrogens is 1. The van der Waals surface area contributed by atoms with Crippen LogP contribution in [0.5, 0.6) is 11.5 Å². The number of nitrogens with zero attached hydrogens (tertiary/aromatic N) is 4. The Balaban J connectivity index is 1.86. The van der Waals surface area contributed by atoms with E-state index in [1.54, 1.807) is 18.9 Å². The summed E-state index contributed by atoms with van der Waals surface area (Å²) < 4.78 is 7.59. The average molecular weight is 652 g/mol. The maximum absolute atomic E-state index is 14.2. The third-order valence-corrected chi connectivity index (χ3v) is 8.89. The Labute approximate surface area is 252 Å². The molecule has 1 N–H and O–H groups in total. The Hall–Kier alpha value is -4.29. The number of hydrogen-bond acceptors (Lipinski definition) is 8. The Kier molecular flexibility index (Phi) is 8.02. The van der Waals surface area contributed by atoms with E-state index in [0.29, 0.717) is 40.5 Å². The van der Waals surface area contributed by atoms with Gasteiger partial charge in [-0.2, -0.15) is 0 Å². The number of carbonyl (C=O) groups is 1. The zero-order chi connectivity index (χ0) is 30.3. The molecule has 3 aromatic carbocycles. The molecule has 0 spiro atoms. The fourth-order valence-electron chi connectivity index (χ4n) is 5.25. The number of ether oxygens (including phenoxy) is 1. The SMILES string of the molecule is CCN(CC)C(=O)C1=C(C)N=c2s/c(=C/c3cc([N+](=O)[O-])cc(Br)c3O)c(=O)n2[C@H]1c1c(OC)ccc2ccccc12. The zero-order valence-electron chi connectivity index (χ0n) is 23.3. The van der Waals surface area contributed by atoms with Crippen LogP contribution in [0, 0.1) is 10.1 Å². The van der Waals surface area contributed by atoms with Gasteiger partial charge in [0.15, 0.2) is 4.80 Å². The molecule has 0 saturated heterocycles. The number of halogens is 1. The van der Waals surface area contributed by atoms with Crippen LogP contribution < -0.4 is 19.6 Å². The first kappa shape index (κ1) is 29.2. The van der Waals surface area contributed by atoms with Crippen molar-refractivity contribution < 1.29 is 19.6 Å². The van der Waals surface area contributed by atoms with Crippen molar-refractivity contribution in [2.24, 2.45) is 4.99 Å². The molecule has 1 amide bonds. The number of non-ortho nitro benzene ring substituents is 1. The number of benzene rings is 3. The van der Waals surface area contributed by atoms with Gasteiger partial charge < -0.3 is 14.7 Å². The molecule has 42 heavy (non-hydrogen) atoms. The number of hydrogen-bond donors (Lipinski definition) is 1. The largest absolute Gasteiger partial charge is 0.506 e. The lowest BCUT2D eigenvalue weighted by molar-refractivity contribution is -0.385. The van der Waals surface area contributed by atoms with Crippen LogP contribution in [0.25, 0.3) is 16.8 Å². The highest BCUT2D eigenvalue weighted by Crippen LogP contribution is 2.40. The number of aromatic hydroxyl groups is 1. The van der Waals surface area contributed by atoms with E-state index in [2.05, 4.69) is 15.9 Å². The van der Waals surface area contributed by atoms with Gasteiger partial charge >= 0.3 is 0 Å². The van der Waals surface area contributed by atoms with Crippen LogP contribution in [-0.4, -0.2) is 45.6 Å². The second-order valence-corrected chi connectivity index (χ2v) is 11.4. The first-order valence-corrected chi connectivity index (χ1v) is 14.8. The molecule has 0 bridgehead atoms. The molecule has 10 nitrogen and oxygen atoms in total. The van der Waals surface area contributed by atoms with Crippen LogP contribution in [0.15, 0.2) is 74.1 Å². The van der Waals surface area contributed by atoms with E-state index in [4.69, 9.17) is 9.73 Å². The van der Waals surface area contributed by atoms with Crippen LogP contribution in [0.4, 0.5) is 5.69 Å². The molecule has 0 radical (unpaired) electrons. The van der Waals surface area contributed by atoms with Crippen molar-refractivity contribution in [3.63, 3.8) is 0 Å². The number of phenolic OH excluding ortho intramolecular Hbond substituents is 1. The molecule has 1 aliphatic heterocycles. The number of likely N-dealkylation sites (N-methyl/N-ethyl adjacent to an activating group) is 1. The smallest absolute Gasteiger partial charge is 0.271 e. The molecule has 1 atom stereocenters. The minimum atomic E-state index is -0.872. The Morgan fingerprint density at radius 2 is 1.95 bits per heavy atom. The average Bonchev–Trinajstić information content (AvgIpc) is 3.28. The Morgan fingerprint density at radius 1 is 1.24 bits per heavy atom. The van der Waals surface area contributed by atoms with E-state index < -0.39 is 16.5 Å². The molecule has 2 heterocycles. The lowest BCUT2D eigenvalue weighted by Crippen LogP contribution is -2.43. The quantitative estimate of drug-likeness (QED) is 0.229. The monoisotopic (exact) mass is 650 g/mol. The van der Waals surface area contributed by atoms with Gasteiger partial charge in [0.1, 0.15) is 17.5 Å². The summed E-state index contributed by atoms with van der Waals surface area (Å²) in [4.78, 5) is 45.9. The number of amides is 1. The van der Waals surface area contributed by atoms with Gasteiger partial charge in [-0.25, -0.2) is 4.99 Å².